The van der Waals surface area contributed by atoms with Gasteiger partial charge in [0.25, 0.3) is 0 Å². The summed E-state index contributed by atoms with van der Waals surface area (Å²) in [5.41, 5.74) is 1.03. The normalized spacial score (nSPS) is 12.2. The first-order chi connectivity index (χ1) is 13.2. The van der Waals surface area contributed by atoms with E-state index < -0.39 is 24.2 Å². The van der Waals surface area contributed by atoms with Gasteiger partial charge in [0.05, 0.1) is 26.2 Å². The van der Waals surface area contributed by atoms with Gasteiger partial charge in [0.2, 0.25) is 6.10 Å². The number of benzene rings is 2. The van der Waals surface area contributed by atoms with Gasteiger partial charge >= 0.3 is 18.1 Å². The average molecular weight is 396 g/mol. The second kappa shape index (κ2) is 8.77. The van der Waals surface area contributed by atoms with E-state index in [0.29, 0.717) is 16.9 Å². The minimum atomic E-state index is -4.81. The van der Waals surface area contributed by atoms with Crippen molar-refractivity contribution < 1.29 is 37.0 Å². The van der Waals surface area contributed by atoms with Crippen LogP contribution in [0.1, 0.15) is 33.2 Å². The molecule has 2 aromatic carbocycles. The van der Waals surface area contributed by atoms with E-state index in [9.17, 15) is 22.8 Å². The lowest BCUT2D eigenvalue weighted by Gasteiger charge is -2.21. The Kier molecular flexibility index (Phi) is 6.66. The third kappa shape index (κ3) is 5.25. The van der Waals surface area contributed by atoms with Gasteiger partial charge in [-0.3, -0.25) is 4.79 Å². The molecule has 5 nitrogen and oxygen atoms in total. The van der Waals surface area contributed by atoms with Gasteiger partial charge in [0.15, 0.2) is 0 Å². The molecule has 0 N–H and O–H groups in total. The van der Waals surface area contributed by atoms with E-state index in [0.717, 1.165) is 19.2 Å². The van der Waals surface area contributed by atoms with Crippen LogP contribution in [0.5, 0.6) is 5.75 Å². The van der Waals surface area contributed by atoms with Crippen LogP contribution in [-0.2, 0) is 20.7 Å². The molecule has 2 aromatic rings. The molecule has 0 heterocycles. The van der Waals surface area contributed by atoms with Crippen molar-refractivity contribution in [1.29, 1.82) is 0 Å². The second-order valence-electron chi connectivity index (χ2n) is 5.99. The van der Waals surface area contributed by atoms with Crippen molar-refractivity contribution in [3.05, 3.63) is 64.7 Å². The van der Waals surface area contributed by atoms with Crippen molar-refractivity contribution in [1.82, 2.24) is 0 Å². The fraction of sp³-hybridized carbons (Fsp3) is 0.300. The van der Waals surface area contributed by atoms with E-state index in [1.807, 2.05) is 0 Å². The van der Waals surface area contributed by atoms with Gasteiger partial charge in [0.1, 0.15) is 5.75 Å². The summed E-state index contributed by atoms with van der Waals surface area (Å²) in [6.45, 7) is 1.72. The van der Waals surface area contributed by atoms with Gasteiger partial charge in [0, 0.05) is 5.56 Å². The van der Waals surface area contributed by atoms with E-state index in [-0.39, 0.29) is 17.5 Å². The highest BCUT2D eigenvalue weighted by molar-refractivity contribution is 5.89. The summed E-state index contributed by atoms with van der Waals surface area (Å²) < 4.78 is 54.6. The lowest BCUT2D eigenvalue weighted by molar-refractivity contribution is -0.223. The largest absolute Gasteiger partial charge is 0.497 e. The summed E-state index contributed by atoms with van der Waals surface area (Å²) in [7, 11) is 2.65. The fourth-order valence-electron chi connectivity index (χ4n) is 2.56. The molecule has 150 valence electrons. The summed E-state index contributed by atoms with van der Waals surface area (Å²) >= 11 is 0. The van der Waals surface area contributed by atoms with Crippen molar-refractivity contribution in [2.24, 2.45) is 0 Å². The van der Waals surface area contributed by atoms with Crippen molar-refractivity contribution in [2.75, 3.05) is 14.2 Å². The number of methoxy groups -OCH3 is 2. The molecule has 0 aliphatic heterocycles. The minimum Gasteiger partial charge on any atom is -0.497 e. The Hall–Kier alpha value is -3.03. The Labute approximate surface area is 160 Å². The van der Waals surface area contributed by atoms with E-state index in [1.165, 1.54) is 19.2 Å². The van der Waals surface area contributed by atoms with Crippen LogP contribution in [0.4, 0.5) is 13.2 Å². The third-order valence-corrected chi connectivity index (χ3v) is 4.07. The zero-order valence-electron chi connectivity index (χ0n) is 15.5. The molecule has 2 rings (SSSR count). The molecule has 0 aliphatic rings. The van der Waals surface area contributed by atoms with Crippen molar-refractivity contribution in [3.8, 4) is 5.75 Å². The molecule has 0 spiro atoms. The van der Waals surface area contributed by atoms with Gasteiger partial charge in [-0.15, -0.1) is 0 Å². The predicted octanol–water partition coefficient (Wildman–Crippen LogP) is 4.18. The smallest absolute Gasteiger partial charge is 0.429 e. The fourth-order valence-corrected chi connectivity index (χ4v) is 2.56. The summed E-state index contributed by atoms with van der Waals surface area (Å²) in [4.78, 5) is 23.6. The molecule has 0 saturated carbocycles. The Bertz CT molecular complexity index is 844. The van der Waals surface area contributed by atoms with Crippen molar-refractivity contribution >= 4 is 11.9 Å². The highest BCUT2D eigenvalue weighted by atomic mass is 19.4. The Morgan fingerprint density at radius 1 is 1.04 bits per heavy atom. The number of hydrogen-bond acceptors (Lipinski definition) is 5. The Morgan fingerprint density at radius 3 is 2.18 bits per heavy atom. The number of hydrogen-bond donors (Lipinski definition) is 0. The highest BCUT2D eigenvalue weighted by Crippen LogP contribution is 2.36. The van der Waals surface area contributed by atoms with Crippen molar-refractivity contribution in [2.45, 2.75) is 25.6 Å². The highest BCUT2D eigenvalue weighted by Gasteiger charge is 2.44. The molecular weight excluding hydrogens is 377 g/mol. The lowest BCUT2D eigenvalue weighted by atomic mass is 10.0. The van der Waals surface area contributed by atoms with Gasteiger partial charge in [-0.25, -0.2) is 4.79 Å². The van der Waals surface area contributed by atoms with Crippen LogP contribution in [0.15, 0.2) is 42.5 Å². The molecule has 8 heteroatoms. The number of carbonyl (C=O) groups is 2. The van der Waals surface area contributed by atoms with E-state index in [4.69, 9.17) is 9.47 Å². The zero-order valence-corrected chi connectivity index (χ0v) is 15.5. The monoisotopic (exact) mass is 396 g/mol. The number of ether oxygens (including phenoxy) is 3. The number of esters is 2. The molecule has 1 unspecified atom stereocenters. The second-order valence-corrected chi connectivity index (χ2v) is 5.99. The van der Waals surface area contributed by atoms with Gasteiger partial charge in [-0.1, -0.05) is 18.2 Å². The van der Waals surface area contributed by atoms with Crippen LogP contribution in [0.3, 0.4) is 0 Å². The minimum absolute atomic E-state index is 0.0901. The molecular formula is C20H19F3O5. The molecule has 0 amide bonds. The van der Waals surface area contributed by atoms with Gasteiger partial charge in [-0.2, -0.15) is 13.2 Å². The van der Waals surface area contributed by atoms with Crippen LogP contribution in [-0.4, -0.2) is 32.3 Å². The average Bonchev–Trinajstić information content (AvgIpc) is 2.66. The molecule has 1 atom stereocenters. The number of carbonyl (C=O) groups excluding carboxylic acids is 2. The maximum absolute atomic E-state index is 13.4. The number of alkyl halides is 3. The van der Waals surface area contributed by atoms with Crippen LogP contribution < -0.4 is 4.74 Å². The van der Waals surface area contributed by atoms with Crippen molar-refractivity contribution in [3.63, 3.8) is 0 Å². The van der Waals surface area contributed by atoms with Gasteiger partial charge < -0.3 is 14.2 Å². The number of halogens is 3. The molecule has 0 saturated heterocycles. The summed E-state index contributed by atoms with van der Waals surface area (Å²) in [5, 5.41) is 0. The zero-order chi connectivity index (χ0) is 20.9. The van der Waals surface area contributed by atoms with Gasteiger partial charge in [-0.05, 0) is 42.3 Å². The standard InChI is InChI=1S/C20H19F3O5/c1-12-10-16(26-2)9-8-15(12)11-17(24)28-18(20(21,22)23)13-4-6-14(7-5-13)19(25)27-3/h4-10,18H,11H2,1-3H3. The summed E-state index contributed by atoms with van der Waals surface area (Å²) in [6, 6.07) is 9.41. The van der Waals surface area contributed by atoms with Crippen LogP contribution >= 0.6 is 0 Å². The van der Waals surface area contributed by atoms with E-state index >= 15 is 0 Å². The topological polar surface area (TPSA) is 61.8 Å². The molecule has 0 bridgehead atoms. The third-order valence-electron chi connectivity index (χ3n) is 4.07. The molecule has 0 radical (unpaired) electrons. The van der Waals surface area contributed by atoms with Crippen LogP contribution in [0.2, 0.25) is 0 Å². The first-order valence-electron chi connectivity index (χ1n) is 8.23. The Morgan fingerprint density at radius 2 is 1.68 bits per heavy atom. The maximum atomic E-state index is 13.4. The number of aryl methyl sites for hydroxylation is 1. The summed E-state index contributed by atoms with van der Waals surface area (Å²) in [6.07, 6.45) is -7.56. The number of rotatable bonds is 6. The SMILES string of the molecule is COC(=O)c1ccc(C(OC(=O)Cc2ccc(OC)cc2C)C(F)(F)F)cc1. The molecule has 28 heavy (non-hydrogen) atoms. The first kappa shape index (κ1) is 21.3. The first-order valence-corrected chi connectivity index (χ1v) is 8.23. The van der Waals surface area contributed by atoms with E-state index in [1.54, 1.807) is 25.1 Å². The molecule has 0 fully saturated rings. The van der Waals surface area contributed by atoms with E-state index in [2.05, 4.69) is 4.74 Å². The quantitative estimate of drug-likeness (QED) is 0.686. The predicted molar refractivity (Wildman–Crippen MR) is 94.1 cm³/mol. The summed E-state index contributed by atoms with van der Waals surface area (Å²) in [5.74, 6) is -1.12. The lowest BCUT2D eigenvalue weighted by Crippen LogP contribution is -2.27. The van der Waals surface area contributed by atoms with Crippen LogP contribution in [0.25, 0.3) is 0 Å². The molecule has 0 aromatic heterocycles. The Balaban J connectivity index is 2.18. The van der Waals surface area contributed by atoms with Crippen LogP contribution in [0, 0.1) is 6.92 Å². The maximum Gasteiger partial charge on any atom is 0.429 e. The molecule has 0 aliphatic carbocycles.